The molecule has 2 N–H and O–H groups in total. The summed E-state index contributed by atoms with van der Waals surface area (Å²) in [5, 5.41) is 16.4. The number of nitro groups is 1. The molecule has 0 aliphatic carbocycles. The first-order valence-electron chi connectivity index (χ1n) is 8.93. The fraction of sp³-hybridized carbons (Fsp3) is 0.588. The van der Waals surface area contributed by atoms with Gasteiger partial charge in [0.25, 0.3) is 5.69 Å². The molecule has 0 saturated carbocycles. The van der Waals surface area contributed by atoms with Gasteiger partial charge in [-0.15, -0.1) is 0 Å². The van der Waals surface area contributed by atoms with Crippen molar-refractivity contribution in [1.29, 1.82) is 0 Å². The number of carbonyl (C=O) groups is 1. The lowest BCUT2D eigenvalue weighted by Gasteiger charge is -2.37. The summed E-state index contributed by atoms with van der Waals surface area (Å²) in [5.41, 5.74) is 0.200. The Morgan fingerprint density at radius 3 is 2.74 bits per heavy atom. The molecule has 2 saturated heterocycles. The molecule has 0 spiro atoms. The Balaban J connectivity index is 1.57. The lowest BCUT2D eigenvalue weighted by atomic mass is 9.97. The SMILES string of the molecule is O=C(NCC(C1CCOC1)N1CCOCC1)Nc1ccc([N+](=O)[O-])cc1Cl. The van der Waals surface area contributed by atoms with E-state index in [2.05, 4.69) is 15.5 Å². The van der Waals surface area contributed by atoms with Crippen LogP contribution >= 0.6 is 11.6 Å². The van der Waals surface area contributed by atoms with Crippen LogP contribution < -0.4 is 10.6 Å². The molecule has 3 rings (SSSR count). The number of ether oxygens (including phenoxy) is 2. The third-order valence-electron chi connectivity index (χ3n) is 4.91. The standard InChI is InChI=1S/C17H23ClN4O5/c18-14-9-13(22(24)25)1-2-15(14)20-17(23)19-10-16(12-3-6-27-11-12)21-4-7-26-8-5-21/h1-2,9,12,16H,3-8,10-11H2,(H2,19,20,23). The van der Waals surface area contributed by atoms with E-state index < -0.39 is 11.0 Å². The Hall–Kier alpha value is -1.94. The molecule has 9 nitrogen and oxygen atoms in total. The first-order chi connectivity index (χ1) is 13.0. The number of anilines is 1. The van der Waals surface area contributed by atoms with E-state index in [0.717, 1.165) is 26.1 Å². The third-order valence-corrected chi connectivity index (χ3v) is 5.22. The number of nitrogens with zero attached hydrogens (tertiary/aromatic N) is 2. The van der Waals surface area contributed by atoms with Crippen molar-refractivity contribution in [3.63, 3.8) is 0 Å². The second-order valence-electron chi connectivity index (χ2n) is 6.60. The summed E-state index contributed by atoms with van der Waals surface area (Å²) in [6, 6.07) is 3.71. The van der Waals surface area contributed by atoms with Crippen LogP contribution in [0.15, 0.2) is 18.2 Å². The van der Waals surface area contributed by atoms with Crippen molar-refractivity contribution in [3.05, 3.63) is 33.3 Å². The van der Waals surface area contributed by atoms with Crippen LogP contribution in [0.25, 0.3) is 0 Å². The number of hydrogen-bond donors (Lipinski definition) is 2. The van der Waals surface area contributed by atoms with Crippen LogP contribution in [-0.2, 0) is 9.47 Å². The van der Waals surface area contributed by atoms with Gasteiger partial charge in [-0.2, -0.15) is 0 Å². The molecule has 27 heavy (non-hydrogen) atoms. The number of nitro benzene ring substituents is 1. The maximum absolute atomic E-state index is 12.3. The number of rotatable bonds is 6. The minimum Gasteiger partial charge on any atom is -0.381 e. The Bertz CT molecular complexity index is 677. The quantitative estimate of drug-likeness (QED) is 0.561. The highest BCUT2D eigenvalue weighted by molar-refractivity contribution is 6.33. The van der Waals surface area contributed by atoms with Gasteiger partial charge in [0.05, 0.1) is 35.5 Å². The van der Waals surface area contributed by atoms with Crippen LogP contribution in [0.4, 0.5) is 16.2 Å². The fourth-order valence-corrected chi connectivity index (χ4v) is 3.66. The Morgan fingerprint density at radius 2 is 2.11 bits per heavy atom. The van der Waals surface area contributed by atoms with Crippen LogP contribution in [0, 0.1) is 16.0 Å². The number of non-ortho nitro benzene ring substituents is 1. The molecule has 2 amide bonds. The van der Waals surface area contributed by atoms with E-state index in [-0.39, 0.29) is 16.8 Å². The summed E-state index contributed by atoms with van der Waals surface area (Å²) in [5.74, 6) is 0.367. The number of halogens is 1. The average Bonchev–Trinajstić information content (AvgIpc) is 3.19. The minimum atomic E-state index is -0.535. The van der Waals surface area contributed by atoms with Crippen LogP contribution in [-0.4, -0.2) is 68.0 Å². The van der Waals surface area contributed by atoms with Crippen molar-refractivity contribution in [2.45, 2.75) is 12.5 Å². The highest BCUT2D eigenvalue weighted by atomic mass is 35.5. The second kappa shape index (κ2) is 9.32. The summed E-state index contributed by atoms with van der Waals surface area (Å²) in [6.07, 6.45) is 0.972. The monoisotopic (exact) mass is 398 g/mol. The molecule has 10 heteroatoms. The zero-order chi connectivity index (χ0) is 19.2. The van der Waals surface area contributed by atoms with Crippen LogP contribution in [0.3, 0.4) is 0 Å². The number of carbonyl (C=O) groups excluding carboxylic acids is 1. The molecule has 0 bridgehead atoms. The molecule has 0 radical (unpaired) electrons. The molecule has 2 aliphatic heterocycles. The summed E-state index contributed by atoms with van der Waals surface area (Å²) in [7, 11) is 0. The molecule has 2 atom stereocenters. The molecule has 2 fully saturated rings. The van der Waals surface area contributed by atoms with Crippen molar-refractivity contribution in [1.82, 2.24) is 10.2 Å². The maximum atomic E-state index is 12.3. The lowest BCUT2D eigenvalue weighted by molar-refractivity contribution is -0.384. The van der Waals surface area contributed by atoms with Crippen molar-refractivity contribution < 1.29 is 19.2 Å². The molecule has 2 aliphatic rings. The number of benzene rings is 1. The van der Waals surface area contributed by atoms with Crippen LogP contribution in [0.2, 0.25) is 5.02 Å². The number of nitrogens with one attached hydrogen (secondary N) is 2. The predicted molar refractivity (Wildman–Crippen MR) is 100 cm³/mol. The summed E-state index contributed by atoms with van der Waals surface area (Å²) < 4.78 is 10.9. The summed E-state index contributed by atoms with van der Waals surface area (Å²) >= 11 is 6.02. The first-order valence-corrected chi connectivity index (χ1v) is 9.30. The van der Waals surface area contributed by atoms with Gasteiger partial charge in [0, 0.05) is 50.3 Å². The zero-order valence-corrected chi connectivity index (χ0v) is 15.6. The largest absolute Gasteiger partial charge is 0.381 e. The molecule has 2 heterocycles. The first kappa shape index (κ1) is 19.8. The highest BCUT2D eigenvalue weighted by Gasteiger charge is 2.31. The number of urea groups is 1. The zero-order valence-electron chi connectivity index (χ0n) is 14.9. The maximum Gasteiger partial charge on any atom is 0.319 e. The van der Waals surface area contributed by atoms with E-state index in [1.807, 2.05) is 0 Å². The molecule has 148 valence electrons. The van der Waals surface area contributed by atoms with E-state index in [0.29, 0.717) is 38.0 Å². The van der Waals surface area contributed by atoms with E-state index >= 15 is 0 Å². The van der Waals surface area contributed by atoms with Gasteiger partial charge >= 0.3 is 6.03 Å². The molecular formula is C17H23ClN4O5. The average molecular weight is 399 g/mol. The normalized spacial score (nSPS) is 21.6. The topological polar surface area (TPSA) is 106 Å². The number of hydrogen-bond acceptors (Lipinski definition) is 6. The van der Waals surface area contributed by atoms with E-state index in [1.165, 1.54) is 18.2 Å². The predicted octanol–water partition coefficient (Wildman–Crippen LogP) is 2.11. The van der Waals surface area contributed by atoms with Crippen LogP contribution in [0.5, 0.6) is 0 Å². The van der Waals surface area contributed by atoms with Crippen molar-refractivity contribution >= 4 is 29.0 Å². The Morgan fingerprint density at radius 1 is 1.33 bits per heavy atom. The fourth-order valence-electron chi connectivity index (χ4n) is 3.44. The van der Waals surface area contributed by atoms with Crippen molar-refractivity contribution in [2.75, 3.05) is 51.4 Å². The van der Waals surface area contributed by atoms with Gasteiger partial charge in [0.1, 0.15) is 0 Å². The smallest absolute Gasteiger partial charge is 0.319 e. The molecule has 0 aromatic heterocycles. The van der Waals surface area contributed by atoms with E-state index in [1.54, 1.807) is 0 Å². The summed E-state index contributed by atoms with van der Waals surface area (Å²) in [4.78, 5) is 24.9. The molecule has 1 aromatic rings. The number of amides is 2. The Labute approximate surface area is 162 Å². The van der Waals surface area contributed by atoms with Gasteiger partial charge in [-0.05, 0) is 12.5 Å². The highest BCUT2D eigenvalue weighted by Crippen LogP contribution is 2.26. The third kappa shape index (κ3) is 5.29. The van der Waals surface area contributed by atoms with Gasteiger partial charge in [-0.1, -0.05) is 11.6 Å². The lowest BCUT2D eigenvalue weighted by Crippen LogP contribution is -2.52. The van der Waals surface area contributed by atoms with E-state index in [4.69, 9.17) is 21.1 Å². The Kier molecular flexibility index (Phi) is 6.84. The summed E-state index contributed by atoms with van der Waals surface area (Å²) in [6.45, 7) is 4.96. The van der Waals surface area contributed by atoms with Crippen molar-refractivity contribution in [3.8, 4) is 0 Å². The molecular weight excluding hydrogens is 376 g/mol. The number of morpholine rings is 1. The van der Waals surface area contributed by atoms with Gasteiger partial charge in [-0.3, -0.25) is 15.0 Å². The molecule has 2 unspecified atom stereocenters. The van der Waals surface area contributed by atoms with Gasteiger partial charge in [0.15, 0.2) is 0 Å². The van der Waals surface area contributed by atoms with Crippen molar-refractivity contribution in [2.24, 2.45) is 5.92 Å². The van der Waals surface area contributed by atoms with Gasteiger partial charge < -0.3 is 20.1 Å². The molecule has 1 aromatic carbocycles. The second-order valence-corrected chi connectivity index (χ2v) is 7.00. The van der Waals surface area contributed by atoms with E-state index in [9.17, 15) is 14.9 Å². The van der Waals surface area contributed by atoms with Gasteiger partial charge in [-0.25, -0.2) is 4.79 Å². The van der Waals surface area contributed by atoms with Crippen LogP contribution in [0.1, 0.15) is 6.42 Å². The minimum absolute atomic E-state index is 0.119. The van der Waals surface area contributed by atoms with Gasteiger partial charge in [0.2, 0.25) is 0 Å².